The van der Waals surface area contributed by atoms with Crippen molar-refractivity contribution in [2.24, 2.45) is 10.9 Å². The molecule has 6 heteroatoms. The van der Waals surface area contributed by atoms with Crippen LogP contribution in [0, 0.1) is 5.92 Å². The first-order valence-corrected chi connectivity index (χ1v) is 10.4. The standard InChI is InChI=1S/C20H32BrN3O2/c1-3-22-20(24-16(2)18-7-4-5-8-19(18)21)23-11-6-12-26-15-17-9-13-25-14-10-17/h4-5,7-8,16-17H,3,6,9-15H2,1-2H3,(H2,22,23,24). The van der Waals surface area contributed by atoms with Crippen molar-refractivity contribution < 1.29 is 9.47 Å². The Morgan fingerprint density at radius 1 is 1.35 bits per heavy atom. The molecule has 146 valence electrons. The molecule has 26 heavy (non-hydrogen) atoms. The van der Waals surface area contributed by atoms with Gasteiger partial charge >= 0.3 is 0 Å². The van der Waals surface area contributed by atoms with Gasteiger partial charge in [-0.3, -0.25) is 4.99 Å². The molecule has 1 unspecified atom stereocenters. The monoisotopic (exact) mass is 425 g/mol. The average molecular weight is 426 g/mol. The van der Waals surface area contributed by atoms with Gasteiger partial charge < -0.3 is 20.1 Å². The summed E-state index contributed by atoms with van der Waals surface area (Å²) >= 11 is 3.61. The smallest absolute Gasteiger partial charge is 0.191 e. The predicted octanol–water partition coefficient (Wildman–Crippen LogP) is 3.90. The largest absolute Gasteiger partial charge is 0.381 e. The van der Waals surface area contributed by atoms with Crippen LogP contribution in [0.15, 0.2) is 33.7 Å². The highest BCUT2D eigenvalue weighted by Gasteiger charge is 2.13. The zero-order valence-corrected chi connectivity index (χ0v) is 17.6. The van der Waals surface area contributed by atoms with E-state index in [9.17, 15) is 0 Å². The molecule has 0 bridgehead atoms. The number of hydrogen-bond donors (Lipinski definition) is 2. The number of benzene rings is 1. The molecular weight excluding hydrogens is 394 g/mol. The van der Waals surface area contributed by atoms with Gasteiger partial charge in [0.2, 0.25) is 0 Å². The molecule has 1 aliphatic rings. The molecule has 5 nitrogen and oxygen atoms in total. The van der Waals surface area contributed by atoms with Gasteiger partial charge in [0, 0.05) is 44.0 Å². The van der Waals surface area contributed by atoms with Crippen LogP contribution in [0.2, 0.25) is 0 Å². The topological polar surface area (TPSA) is 54.9 Å². The van der Waals surface area contributed by atoms with Gasteiger partial charge in [0.05, 0.1) is 6.04 Å². The summed E-state index contributed by atoms with van der Waals surface area (Å²) in [5, 5.41) is 6.79. The first-order valence-electron chi connectivity index (χ1n) is 9.65. The third kappa shape index (κ3) is 7.64. The fraction of sp³-hybridized carbons (Fsp3) is 0.650. The number of rotatable bonds is 9. The van der Waals surface area contributed by atoms with Crippen molar-refractivity contribution in [3.63, 3.8) is 0 Å². The van der Waals surface area contributed by atoms with E-state index in [0.717, 1.165) is 69.2 Å². The van der Waals surface area contributed by atoms with E-state index in [2.05, 4.69) is 63.6 Å². The summed E-state index contributed by atoms with van der Waals surface area (Å²) in [6, 6.07) is 8.44. The lowest BCUT2D eigenvalue weighted by Crippen LogP contribution is -2.39. The second-order valence-electron chi connectivity index (χ2n) is 6.63. The number of nitrogens with one attached hydrogen (secondary N) is 2. The van der Waals surface area contributed by atoms with E-state index in [-0.39, 0.29) is 6.04 Å². The van der Waals surface area contributed by atoms with Gasteiger partial charge in [-0.1, -0.05) is 34.1 Å². The van der Waals surface area contributed by atoms with E-state index in [4.69, 9.17) is 9.47 Å². The van der Waals surface area contributed by atoms with Crippen molar-refractivity contribution in [2.75, 3.05) is 39.5 Å². The van der Waals surface area contributed by atoms with Crippen LogP contribution >= 0.6 is 15.9 Å². The lowest BCUT2D eigenvalue weighted by Gasteiger charge is -2.21. The third-order valence-electron chi connectivity index (χ3n) is 4.48. The second kappa shape index (κ2) is 12.3. The van der Waals surface area contributed by atoms with Crippen molar-refractivity contribution in [1.29, 1.82) is 0 Å². The Balaban J connectivity index is 1.71. The molecule has 1 fully saturated rings. The number of halogens is 1. The normalized spacial score (nSPS) is 17.1. The number of hydrogen-bond acceptors (Lipinski definition) is 3. The molecule has 0 amide bonds. The SMILES string of the molecule is CCNC(=NCCCOCC1CCOCC1)NC(C)c1ccccc1Br. The summed E-state index contributed by atoms with van der Waals surface area (Å²) in [7, 11) is 0. The highest BCUT2D eigenvalue weighted by atomic mass is 79.9. The van der Waals surface area contributed by atoms with Gasteiger partial charge in [-0.2, -0.15) is 0 Å². The van der Waals surface area contributed by atoms with Crippen LogP contribution in [-0.4, -0.2) is 45.5 Å². The summed E-state index contributed by atoms with van der Waals surface area (Å²) in [6.45, 7) is 9.20. The molecule has 1 aliphatic heterocycles. The van der Waals surface area contributed by atoms with Gasteiger partial charge in [0.25, 0.3) is 0 Å². The Morgan fingerprint density at radius 3 is 2.85 bits per heavy atom. The van der Waals surface area contributed by atoms with Crippen LogP contribution in [0.3, 0.4) is 0 Å². The molecule has 0 aromatic heterocycles. The van der Waals surface area contributed by atoms with Crippen LogP contribution in [0.5, 0.6) is 0 Å². The minimum absolute atomic E-state index is 0.174. The average Bonchev–Trinajstić information content (AvgIpc) is 2.65. The summed E-state index contributed by atoms with van der Waals surface area (Å²) in [4.78, 5) is 4.67. The molecule has 0 spiro atoms. The van der Waals surface area contributed by atoms with E-state index in [1.807, 2.05) is 6.07 Å². The molecule has 2 rings (SSSR count). The molecule has 0 radical (unpaired) electrons. The first kappa shape index (κ1) is 21.2. The van der Waals surface area contributed by atoms with Crippen LogP contribution < -0.4 is 10.6 Å². The van der Waals surface area contributed by atoms with Crippen LogP contribution in [0.4, 0.5) is 0 Å². The minimum Gasteiger partial charge on any atom is -0.381 e. The summed E-state index contributed by atoms with van der Waals surface area (Å²) in [5.74, 6) is 1.51. The maximum atomic E-state index is 5.81. The van der Waals surface area contributed by atoms with Crippen LogP contribution in [0.25, 0.3) is 0 Å². The molecule has 0 aliphatic carbocycles. The van der Waals surface area contributed by atoms with Gasteiger partial charge in [-0.05, 0) is 50.7 Å². The summed E-state index contributed by atoms with van der Waals surface area (Å²) in [6.07, 6.45) is 3.18. The van der Waals surface area contributed by atoms with Crippen molar-refractivity contribution in [3.05, 3.63) is 34.3 Å². The minimum atomic E-state index is 0.174. The van der Waals surface area contributed by atoms with Crippen molar-refractivity contribution in [2.45, 2.75) is 39.2 Å². The first-order chi connectivity index (χ1) is 12.7. The lowest BCUT2D eigenvalue weighted by atomic mass is 10.0. The third-order valence-corrected chi connectivity index (χ3v) is 5.20. The van der Waals surface area contributed by atoms with Crippen LogP contribution in [-0.2, 0) is 9.47 Å². The zero-order valence-electron chi connectivity index (χ0n) is 16.0. The number of nitrogens with zero attached hydrogens (tertiary/aromatic N) is 1. The fourth-order valence-corrected chi connectivity index (χ4v) is 3.58. The highest BCUT2D eigenvalue weighted by Crippen LogP contribution is 2.22. The maximum Gasteiger partial charge on any atom is 0.191 e. The predicted molar refractivity (Wildman–Crippen MR) is 111 cm³/mol. The highest BCUT2D eigenvalue weighted by molar-refractivity contribution is 9.10. The van der Waals surface area contributed by atoms with Gasteiger partial charge in [0.1, 0.15) is 0 Å². The quantitative estimate of drug-likeness (QED) is 0.357. The summed E-state index contributed by atoms with van der Waals surface area (Å²) in [5.41, 5.74) is 1.22. The molecule has 0 saturated carbocycles. The van der Waals surface area contributed by atoms with Crippen molar-refractivity contribution in [3.8, 4) is 0 Å². The fourth-order valence-electron chi connectivity index (χ4n) is 2.95. The molecule has 1 aromatic carbocycles. The lowest BCUT2D eigenvalue weighted by molar-refractivity contribution is 0.0205. The maximum absolute atomic E-state index is 5.81. The van der Waals surface area contributed by atoms with Crippen molar-refractivity contribution in [1.82, 2.24) is 10.6 Å². The molecular formula is C20H32BrN3O2. The van der Waals surface area contributed by atoms with E-state index in [1.165, 1.54) is 5.56 Å². The molecule has 1 saturated heterocycles. The van der Waals surface area contributed by atoms with Gasteiger partial charge in [-0.25, -0.2) is 0 Å². The zero-order chi connectivity index (χ0) is 18.6. The molecule has 2 N–H and O–H groups in total. The van der Waals surface area contributed by atoms with Gasteiger partial charge in [-0.15, -0.1) is 0 Å². The Kier molecular flexibility index (Phi) is 10.0. The van der Waals surface area contributed by atoms with Crippen LogP contribution in [0.1, 0.15) is 44.7 Å². The Morgan fingerprint density at radius 2 is 2.12 bits per heavy atom. The Labute approximate surface area is 166 Å². The Hall–Kier alpha value is -1.11. The van der Waals surface area contributed by atoms with E-state index in [0.29, 0.717) is 5.92 Å². The second-order valence-corrected chi connectivity index (χ2v) is 7.49. The van der Waals surface area contributed by atoms with Gasteiger partial charge in [0.15, 0.2) is 5.96 Å². The molecule has 1 heterocycles. The number of ether oxygens (including phenoxy) is 2. The Bertz CT molecular complexity index is 548. The van der Waals surface area contributed by atoms with Crippen molar-refractivity contribution >= 4 is 21.9 Å². The summed E-state index contributed by atoms with van der Waals surface area (Å²) < 4.78 is 12.3. The van der Waals surface area contributed by atoms with E-state index < -0.39 is 0 Å². The van der Waals surface area contributed by atoms with E-state index in [1.54, 1.807) is 0 Å². The number of aliphatic imine (C=N–C) groups is 1. The van der Waals surface area contributed by atoms with E-state index >= 15 is 0 Å². The number of guanidine groups is 1. The molecule has 1 atom stereocenters. The molecule has 1 aromatic rings.